The molecule has 104 valence electrons. The minimum Gasteiger partial charge on any atom is -0.349 e. The summed E-state index contributed by atoms with van der Waals surface area (Å²) in [7, 11) is 0. The standard InChI is InChI=1S/C14H12N6O/c21-14-12-7-10(19-20(12)6-5-16-14)11-8-17-13(18-11)9-3-1-2-4-15-9/h1-4,7-8H,5-6H2,(H,16,21)(H,17,18). The van der Waals surface area contributed by atoms with Crippen LogP contribution in [0.15, 0.2) is 36.7 Å². The number of aromatic amines is 1. The maximum atomic E-state index is 11.7. The maximum Gasteiger partial charge on any atom is 0.269 e. The molecule has 3 aromatic heterocycles. The maximum absolute atomic E-state index is 11.7. The van der Waals surface area contributed by atoms with E-state index in [0.29, 0.717) is 30.3 Å². The normalized spacial score (nSPS) is 13.8. The number of nitrogens with one attached hydrogen (secondary N) is 2. The van der Waals surface area contributed by atoms with Crippen molar-refractivity contribution in [3.63, 3.8) is 0 Å². The molecule has 7 nitrogen and oxygen atoms in total. The van der Waals surface area contributed by atoms with Crippen molar-refractivity contribution >= 4 is 5.91 Å². The molecule has 1 aliphatic rings. The van der Waals surface area contributed by atoms with Gasteiger partial charge in [-0.3, -0.25) is 14.5 Å². The van der Waals surface area contributed by atoms with Gasteiger partial charge in [0.1, 0.15) is 17.1 Å². The Labute approximate surface area is 120 Å². The zero-order valence-electron chi connectivity index (χ0n) is 11.1. The van der Waals surface area contributed by atoms with Crippen LogP contribution in [0.3, 0.4) is 0 Å². The highest BCUT2D eigenvalue weighted by molar-refractivity contribution is 5.94. The molecule has 0 spiro atoms. The molecular formula is C14H12N6O. The Kier molecular flexibility index (Phi) is 2.56. The summed E-state index contributed by atoms with van der Waals surface area (Å²) in [6, 6.07) is 7.41. The van der Waals surface area contributed by atoms with Crippen molar-refractivity contribution in [2.75, 3.05) is 6.54 Å². The van der Waals surface area contributed by atoms with E-state index in [1.54, 1.807) is 23.1 Å². The number of hydrogen-bond donors (Lipinski definition) is 2. The Morgan fingerprint density at radius 2 is 2.14 bits per heavy atom. The molecular weight excluding hydrogens is 268 g/mol. The number of hydrogen-bond acceptors (Lipinski definition) is 4. The van der Waals surface area contributed by atoms with E-state index in [1.807, 2.05) is 18.2 Å². The highest BCUT2D eigenvalue weighted by Crippen LogP contribution is 2.21. The van der Waals surface area contributed by atoms with Crippen LogP contribution >= 0.6 is 0 Å². The summed E-state index contributed by atoms with van der Waals surface area (Å²) < 4.78 is 1.72. The zero-order chi connectivity index (χ0) is 14.2. The van der Waals surface area contributed by atoms with Gasteiger partial charge in [0, 0.05) is 12.7 Å². The summed E-state index contributed by atoms with van der Waals surface area (Å²) in [4.78, 5) is 23.5. The first-order valence-corrected chi connectivity index (χ1v) is 6.64. The van der Waals surface area contributed by atoms with E-state index >= 15 is 0 Å². The first kappa shape index (κ1) is 11.8. The van der Waals surface area contributed by atoms with Crippen molar-refractivity contribution in [1.82, 2.24) is 30.0 Å². The molecule has 0 radical (unpaired) electrons. The number of imidazole rings is 1. The van der Waals surface area contributed by atoms with Crippen LogP contribution in [0.4, 0.5) is 0 Å². The molecule has 4 rings (SSSR count). The van der Waals surface area contributed by atoms with Gasteiger partial charge >= 0.3 is 0 Å². The third kappa shape index (κ3) is 1.99. The van der Waals surface area contributed by atoms with Gasteiger partial charge in [-0.2, -0.15) is 5.10 Å². The van der Waals surface area contributed by atoms with Gasteiger partial charge in [0.05, 0.1) is 18.4 Å². The van der Waals surface area contributed by atoms with Crippen LogP contribution in [0.25, 0.3) is 22.9 Å². The largest absolute Gasteiger partial charge is 0.349 e. The number of H-pyrrole nitrogens is 1. The lowest BCUT2D eigenvalue weighted by Gasteiger charge is -2.13. The van der Waals surface area contributed by atoms with Crippen LogP contribution < -0.4 is 5.32 Å². The number of carbonyl (C=O) groups is 1. The minimum atomic E-state index is -0.0931. The van der Waals surface area contributed by atoms with Gasteiger partial charge < -0.3 is 10.3 Å². The van der Waals surface area contributed by atoms with Gasteiger partial charge in [0.2, 0.25) is 0 Å². The molecule has 1 aliphatic heterocycles. The molecule has 4 heterocycles. The Balaban J connectivity index is 1.72. The summed E-state index contributed by atoms with van der Waals surface area (Å²) in [6.45, 7) is 1.29. The van der Waals surface area contributed by atoms with Gasteiger partial charge in [-0.25, -0.2) is 4.98 Å². The smallest absolute Gasteiger partial charge is 0.269 e. The number of carbonyl (C=O) groups excluding carboxylic acids is 1. The SMILES string of the molecule is O=C1NCCn2nc(-c3cnc(-c4ccccn4)[nH]3)cc21. The van der Waals surface area contributed by atoms with Crippen LogP contribution in [-0.2, 0) is 6.54 Å². The van der Waals surface area contributed by atoms with Crippen LogP contribution in [0.1, 0.15) is 10.5 Å². The second-order valence-corrected chi connectivity index (χ2v) is 4.75. The van der Waals surface area contributed by atoms with E-state index in [-0.39, 0.29) is 5.91 Å². The summed E-state index contributed by atoms with van der Waals surface area (Å²) >= 11 is 0. The molecule has 0 saturated heterocycles. The van der Waals surface area contributed by atoms with Gasteiger partial charge in [-0.15, -0.1) is 0 Å². The fourth-order valence-electron chi connectivity index (χ4n) is 2.35. The highest BCUT2D eigenvalue weighted by Gasteiger charge is 2.20. The number of fused-ring (bicyclic) bond motifs is 1. The molecule has 2 N–H and O–H groups in total. The van der Waals surface area contributed by atoms with Crippen LogP contribution in [0, 0.1) is 0 Å². The Bertz CT molecular complexity index is 804. The van der Waals surface area contributed by atoms with Gasteiger partial charge in [0.25, 0.3) is 5.91 Å². The third-order valence-corrected chi connectivity index (χ3v) is 3.38. The predicted molar refractivity (Wildman–Crippen MR) is 75.4 cm³/mol. The molecule has 0 aliphatic carbocycles. The van der Waals surface area contributed by atoms with E-state index < -0.39 is 0 Å². The minimum absolute atomic E-state index is 0.0931. The molecule has 0 bridgehead atoms. The lowest BCUT2D eigenvalue weighted by Crippen LogP contribution is -2.35. The number of aromatic nitrogens is 5. The molecule has 0 saturated carbocycles. The van der Waals surface area contributed by atoms with E-state index in [1.165, 1.54) is 0 Å². The van der Waals surface area contributed by atoms with Crippen molar-refractivity contribution in [1.29, 1.82) is 0 Å². The molecule has 0 atom stereocenters. The monoisotopic (exact) mass is 280 g/mol. The van der Waals surface area contributed by atoms with Crippen molar-refractivity contribution in [3.05, 3.63) is 42.4 Å². The van der Waals surface area contributed by atoms with Crippen molar-refractivity contribution in [3.8, 4) is 22.9 Å². The lowest BCUT2D eigenvalue weighted by molar-refractivity contribution is 0.0924. The topological polar surface area (TPSA) is 88.5 Å². The van der Waals surface area contributed by atoms with Gasteiger partial charge in [-0.05, 0) is 18.2 Å². The van der Waals surface area contributed by atoms with E-state index in [2.05, 4.69) is 25.4 Å². The van der Waals surface area contributed by atoms with E-state index in [9.17, 15) is 4.79 Å². The quantitative estimate of drug-likeness (QED) is 0.735. The summed E-state index contributed by atoms with van der Waals surface area (Å²) in [6.07, 6.45) is 3.42. The van der Waals surface area contributed by atoms with Crippen LogP contribution in [-0.4, -0.2) is 37.2 Å². The van der Waals surface area contributed by atoms with E-state index in [4.69, 9.17) is 0 Å². The molecule has 21 heavy (non-hydrogen) atoms. The van der Waals surface area contributed by atoms with Gasteiger partial charge in [-0.1, -0.05) is 6.07 Å². The van der Waals surface area contributed by atoms with E-state index in [0.717, 1.165) is 11.4 Å². The fraction of sp³-hybridized carbons (Fsp3) is 0.143. The first-order valence-electron chi connectivity index (χ1n) is 6.64. The fourth-order valence-corrected chi connectivity index (χ4v) is 2.35. The summed E-state index contributed by atoms with van der Waals surface area (Å²) in [5, 5.41) is 7.24. The number of nitrogens with zero attached hydrogens (tertiary/aromatic N) is 4. The molecule has 0 fully saturated rings. The van der Waals surface area contributed by atoms with Crippen LogP contribution in [0.5, 0.6) is 0 Å². The third-order valence-electron chi connectivity index (χ3n) is 3.38. The average molecular weight is 280 g/mol. The molecule has 3 aromatic rings. The number of pyridine rings is 1. The lowest BCUT2D eigenvalue weighted by atomic mass is 10.2. The Hall–Kier alpha value is -2.96. The molecule has 1 amide bonds. The van der Waals surface area contributed by atoms with Crippen molar-refractivity contribution in [2.24, 2.45) is 0 Å². The van der Waals surface area contributed by atoms with Gasteiger partial charge in [0.15, 0.2) is 5.82 Å². The number of rotatable bonds is 2. The second kappa shape index (κ2) is 4.55. The van der Waals surface area contributed by atoms with Crippen molar-refractivity contribution in [2.45, 2.75) is 6.54 Å². The second-order valence-electron chi connectivity index (χ2n) is 4.75. The summed E-state index contributed by atoms with van der Waals surface area (Å²) in [5.41, 5.74) is 2.82. The molecule has 0 aromatic carbocycles. The molecule has 0 unspecified atom stereocenters. The Morgan fingerprint density at radius 1 is 1.19 bits per heavy atom. The zero-order valence-corrected chi connectivity index (χ0v) is 11.1. The van der Waals surface area contributed by atoms with Crippen molar-refractivity contribution < 1.29 is 4.79 Å². The summed E-state index contributed by atoms with van der Waals surface area (Å²) in [5.74, 6) is 0.588. The Morgan fingerprint density at radius 3 is 2.95 bits per heavy atom. The number of amides is 1. The highest BCUT2D eigenvalue weighted by atomic mass is 16.2. The average Bonchev–Trinajstić information content (AvgIpc) is 3.15. The van der Waals surface area contributed by atoms with Crippen LogP contribution in [0.2, 0.25) is 0 Å². The first-order chi connectivity index (χ1) is 10.3. The molecule has 7 heteroatoms. The predicted octanol–water partition coefficient (Wildman–Crippen LogP) is 1.08.